The van der Waals surface area contributed by atoms with Crippen LogP contribution in [-0.2, 0) is 9.53 Å². The van der Waals surface area contributed by atoms with Gasteiger partial charge in [0.2, 0.25) is 5.91 Å². The average molecular weight is 420 g/mol. The van der Waals surface area contributed by atoms with Crippen LogP contribution in [0, 0.1) is 24.5 Å². The molecule has 0 spiro atoms. The van der Waals surface area contributed by atoms with E-state index in [1.807, 2.05) is 19.1 Å². The largest absolute Gasteiger partial charge is 0.373 e. The number of halogens is 2. The van der Waals surface area contributed by atoms with Crippen LogP contribution in [-0.4, -0.2) is 23.1 Å². The second-order valence-corrected chi connectivity index (χ2v) is 8.26. The van der Waals surface area contributed by atoms with E-state index in [4.69, 9.17) is 4.74 Å². The Morgan fingerprint density at radius 2 is 1.77 bits per heavy atom. The molecular formula is C25H22F2N2O2. The first kappa shape index (κ1) is 19.8. The maximum Gasteiger partial charge on any atom is 0.230 e. The zero-order valence-corrected chi connectivity index (χ0v) is 17.0. The van der Waals surface area contributed by atoms with Crippen LogP contribution in [0.4, 0.5) is 14.5 Å². The molecule has 4 nitrogen and oxygen atoms in total. The molecule has 1 aromatic heterocycles. The van der Waals surface area contributed by atoms with E-state index in [2.05, 4.69) is 10.3 Å². The van der Waals surface area contributed by atoms with E-state index in [1.165, 1.54) is 24.3 Å². The molecule has 158 valence electrons. The van der Waals surface area contributed by atoms with E-state index in [-0.39, 0.29) is 41.1 Å². The molecule has 0 aliphatic carbocycles. The van der Waals surface area contributed by atoms with Gasteiger partial charge in [0, 0.05) is 34.6 Å². The second-order valence-electron chi connectivity index (χ2n) is 8.26. The molecule has 31 heavy (non-hydrogen) atoms. The number of ether oxygens (including phenoxy) is 1. The number of carbonyl (C=O) groups is 1. The Morgan fingerprint density at radius 3 is 2.55 bits per heavy atom. The molecule has 0 saturated carbocycles. The molecule has 0 unspecified atom stereocenters. The minimum atomic E-state index is -0.594. The standard InChI is InChI=1S/C25H22F2N2O2/c1-14-10-11-28-20(12-14)23-21-8-9-22(31-21)24(23)25(30)29-15-6-7-17(19(27)13-15)16-4-2-3-5-18(16)26/h2-7,10-13,21-24H,8-9H2,1H3,(H,29,30)/t21-,22+,23+,24-/m0/s1. The van der Waals surface area contributed by atoms with E-state index in [0.717, 1.165) is 24.1 Å². The Kier molecular flexibility index (Phi) is 5.02. The molecule has 4 atom stereocenters. The van der Waals surface area contributed by atoms with Gasteiger partial charge in [0.25, 0.3) is 0 Å². The number of pyridine rings is 1. The van der Waals surface area contributed by atoms with E-state index >= 15 is 0 Å². The lowest BCUT2D eigenvalue weighted by atomic mass is 9.76. The highest BCUT2D eigenvalue weighted by molar-refractivity contribution is 5.94. The van der Waals surface area contributed by atoms with Gasteiger partial charge in [-0.1, -0.05) is 18.2 Å². The van der Waals surface area contributed by atoms with Crippen molar-refractivity contribution in [2.45, 2.75) is 37.9 Å². The lowest BCUT2D eigenvalue weighted by Gasteiger charge is -2.27. The van der Waals surface area contributed by atoms with Crippen molar-refractivity contribution in [3.8, 4) is 11.1 Å². The number of benzene rings is 2. The number of nitrogens with zero attached hydrogens (tertiary/aromatic N) is 1. The van der Waals surface area contributed by atoms with Crippen molar-refractivity contribution in [1.82, 2.24) is 4.98 Å². The smallest absolute Gasteiger partial charge is 0.230 e. The summed E-state index contributed by atoms with van der Waals surface area (Å²) in [5.41, 5.74) is 2.61. The summed E-state index contributed by atoms with van der Waals surface area (Å²) in [6.07, 6.45) is 3.28. The molecule has 0 radical (unpaired) electrons. The summed E-state index contributed by atoms with van der Waals surface area (Å²) in [4.78, 5) is 17.7. The van der Waals surface area contributed by atoms with Crippen LogP contribution in [0.3, 0.4) is 0 Å². The second kappa shape index (κ2) is 7.85. The van der Waals surface area contributed by atoms with Gasteiger partial charge in [-0.05, 0) is 61.7 Å². The van der Waals surface area contributed by atoms with Gasteiger partial charge in [0.1, 0.15) is 11.6 Å². The summed E-state index contributed by atoms with van der Waals surface area (Å²) in [5.74, 6) is -1.81. The normalized spacial score (nSPS) is 24.4. The number of nitrogens with one attached hydrogen (secondary N) is 1. The SMILES string of the molecule is Cc1ccnc([C@H]2[C@@H](C(=O)Nc3ccc(-c4ccccc4F)c(F)c3)[C@H]3CC[C@@H]2O3)c1. The number of anilines is 1. The maximum atomic E-state index is 14.7. The van der Waals surface area contributed by atoms with E-state index < -0.39 is 11.6 Å². The minimum absolute atomic E-state index is 0.0322. The Balaban J connectivity index is 1.39. The quantitative estimate of drug-likeness (QED) is 0.628. The third-order valence-electron chi connectivity index (χ3n) is 6.25. The number of amides is 1. The van der Waals surface area contributed by atoms with Gasteiger partial charge in [-0.15, -0.1) is 0 Å². The molecule has 2 aromatic carbocycles. The zero-order chi connectivity index (χ0) is 21.5. The Morgan fingerprint density at radius 1 is 1.00 bits per heavy atom. The third kappa shape index (κ3) is 3.61. The van der Waals surface area contributed by atoms with Crippen LogP contribution in [0.2, 0.25) is 0 Å². The van der Waals surface area contributed by atoms with Crippen molar-refractivity contribution in [3.05, 3.63) is 83.7 Å². The topological polar surface area (TPSA) is 51.2 Å². The van der Waals surface area contributed by atoms with Crippen molar-refractivity contribution in [3.63, 3.8) is 0 Å². The fraction of sp³-hybridized carbons (Fsp3) is 0.280. The highest BCUT2D eigenvalue weighted by atomic mass is 19.1. The van der Waals surface area contributed by atoms with E-state index in [1.54, 1.807) is 24.4 Å². The molecule has 1 N–H and O–H groups in total. The predicted octanol–water partition coefficient (Wildman–Crippen LogP) is 5.23. The monoisotopic (exact) mass is 420 g/mol. The number of hydrogen-bond donors (Lipinski definition) is 1. The summed E-state index contributed by atoms with van der Waals surface area (Å²) in [6, 6.07) is 14.3. The van der Waals surface area contributed by atoms with Gasteiger partial charge in [-0.3, -0.25) is 9.78 Å². The first-order chi connectivity index (χ1) is 15.0. The Labute approximate surface area is 179 Å². The number of aryl methyl sites for hydroxylation is 1. The molecule has 3 heterocycles. The van der Waals surface area contributed by atoms with Crippen LogP contribution in [0.1, 0.15) is 30.0 Å². The molecule has 2 bridgehead atoms. The van der Waals surface area contributed by atoms with Gasteiger partial charge < -0.3 is 10.1 Å². The number of rotatable bonds is 4. The third-order valence-corrected chi connectivity index (χ3v) is 6.25. The van der Waals surface area contributed by atoms with Crippen molar-refractivity contribution >= 4 is 11.6 Å². The van der Waals surface area contributed by atoms with Crippen LogP contribution < -0.4 is 5.32 Å². The summed E-state index contributed by atoms with van der Waals surface area (Å²) in [5, 5.41) is 2.84. The fourth-order valence-corrected chi connectivity index (χ4v) is 4.84. The molecule has 5 rings (SSSR count). The number of carbonyl (C=O) groups excluding carboxylic acids is 1. The number of aromatic nitrogens is 1. The van der Waals surface area contributed by atoms with Crippen molar-refractivity contribution in [2.75, 3.05) is 5.32 Å². The summed E-state index contributed by atoms with van der Waals surface area (Å²) in [7, 11) is 0. The van der Waals surface area contributed by atoms with E-state index in [9.17, 15) is 13.6 Å². The molecule has 3 aromatic rings. The Bertz CT molecular complexity index is 1150. The summed E-state index contributed by atoms with van der Waals surface area (Å²) >= 11 is 0. The molecule has 2 fully saturated rings. The lowest BCUT2D eigenvalue weighted by Crippen LogP contribution is -2.36. The van der Waals surface area contributed by atoms with Gasteiger partial charge in [-0.25, -0.2) is 8.78 Å². The number of hydrogen-bond acceptors (Lipinski definition) is 3. The van der Waals surface area contributed by atoms with Crippen LogP contribution in [0.15, 0.2) is 60.8 Å². The van der Waals surface area contributed by atoms with Gasteiger partial charge >= 0.3 is 0 Å². The average Bonchev–Trinajstić information content (AvgIpc) is 3.36. The Hall–Kier alpha value is -3.12. The van der Waals surface area contributed by atoms with Gasteiger partial charge in [0.15, 0.2) is 0 Å². The van der Waals surface area contributed by atoms with Crippen molar-refractivity contribution in [2.24, 2.45) is 5.92 Å². The van der Waals surface area contributed by atoms with Crippen LogP contribution in [0.25, 0.3) is 11.1 Å². The fourth-order valence-electron chi connectivity index (χ4n) is 4.84. The first-order valence-corrected chi connectivity index (χ1v) is 10.4. The zero-order valence-electron chi connectivity index (χ0n) is 17.0. The highest BCUT2D eigenvalue weighted by Crippen LogP contribution is 2.48. The minimum Gasteiger partial charge on any atom is -0.373 e. The lowest BCUT2D eigenvalue weighted by molar-refractivity contribution is -0.121. The molecule has 6 heteroatoms. The molecule has 2 aliphatic heterocycles. The molecular weight excluding hydrogens is 398 g/mol. The van der Waals surface area contributed by atoms with Crippen LogP contribution >= 0.6 is 0 Å². The first-order valence-electron chi connectivity index (χ1n) is 10.4. The highest BCUT2D eigenvalue weighted by Gasteiger charge is 2.53. The number of fused-ring (bicyclic) bond motifs is 2. The molecule has 2 saturated heterocycles. The van der Waals surface area contributed by atoms with Crippen LogP contribution in [0.5, 0.6) is 0 Å². The summed E-state index contributed by atoms with van der Waals surface area (Å²) in [6.45, 7) is 1.99. The maximum absolute atomic E-state index is 14.7. The molecule has 2 aliphatic rings. The van der Waals surface area contributed by atoms with Gasteiger partial charge in [0.05, 0.1) is 18.1 Å². The van der Waals surface area contributed by atoms with Crippen molar-refractivity contribution in [1.29, 1.82) is 0 Å². The van der Waals surface area contributed by atoms with E-state index in [0.29, 0.717) is 5.69 Å². The predicted molar refractivity (Wildman–Crippen MR) is 114 cm³/mol. The van der Waals surface area contributed by atoms with Gasteiger partial charge in [-0.2, -0.15) is 0 Å². The summed E-state index contributed by atoms with van der Waals surface area (Å²) < 4.78 is 34.8. The van der Waals surface area contributed by atoms with Crippen molar-refractivity contribution < 1.29 is 18.3 Å². The molecule has 1 amide bonds.